The number of carbonyl (C=O) groups is 3. The quantitative estimate of drug-likeness (QED) is 0.578. The number of hydrogen-bond acceptors (Lipinski definition) is 8. The number of hydrogen-bond donors (Lipinski definition) is 1. The van der Waals surface area contributed by atoms with Crippen molar-refractivity contribution in [3.8, 4) is 5.75 Å². The molecule has 162 valence electrons. The summed E-state index contributed by atoms with van der Waals surface area (Å²) in [4.78, 5) is 52.6. The first-order valence-corrected chi connectivity index (χ1v) is 8.68. The van der Waals surface area contributed by atoms with Gasteiger partial charge in [0.2, 0.25) is 5.71 Å². The van der Waals surface area contributed by atoms with Crippen LogP contribution in [0.3, 0.4) is 0 Å². The summed E-state index contributed by atoms with van der Waals surface area (Å²) in [5.74, 6) is -2.86. The Morgan fingerprint density at radius 2 is 1.90 bits per heavy atom. The fraction of sp³-hybridized carbons (Fsp3) is 0.211. The standard InChI is InChI=1S/C19H15F2N3O7/c1-9-13(14-16(30-9)22-8-24(2)17(14)27)18(28)29-7-12(25)23-15(26)10-3-5-11(6-4-10)31-19(20)21/h3-6,8,19H,7H2,1-2H3,(H,23,25,26). The molecule has 2 aromatic heterocycles. The van der Waals surface area contributed by atoms with Crippen LogP contribution in [0.5, 0.6) is 5.75 Å². The number of aryl methyl sites for hydroxylation is 2. The van der Waals surface area contributed by atoms with Crippen LogP contribution in [0.2, 0.25) is 0 Å². The molecule has 0 aliphatic rings. The largest absolute Gasteiger partial charge is 0.452 e. The molecule has 0 saturated carbocycles. The Morgan fingerprint density at radius 3 is 2.55 bits per heavy atom. The number of carbonyl (C=O) groups excluding carboxylic acids is 3. The summed E-state index contributed by atoms with van der Waals surface area (Å²) in [5, 5.41) is 1.90. The number of benzene rings is 1. The zero-order chi connectivity index (χ0) is 22.7. The third kappa shape index (κ3) is 4.74. The van der Waals surface area contributed by atoms with Crippen LogP contribution in [0.15, 0.2) is 39.8 Å². The van der Waals surface area contributed by atoms with Gasteiger partial charge >= 0.3 is 12.6 Å². The highest BCUT2D eigenvalue weighted by Crippen LogP contribution is 2.21. The van der Waals surface area contributed by atoms with Gasteiger partial charge in [-0.2, -0.15) is 8.78 Å². The van der Waals surface area contributed by atoms with Crippen LogP contribution in [-0.2, 0) is 16.6 Å². The van der Waals surface area contributed by atoms with Gasteiger partial charge in [-0.1, -0.05) is 0 Å². The van der Waals surface area contributed by atoms with E-state index in [1.807, 2.05) is 5.32 Å². The molecule has 10 nitrogen and oxygen atoms in total. The van der Waals surface area contributed by atoms with E-state index in [4.69, 9.17) is 9.15 Å². The molecule has 0 spiro atoms. The van der Waals surface area contributed by atoms with Gasteiger partial charge in [0.15, 0.2) is 6.61 Å². The molecule has 0 unspecified atom stereocenters. The minimum Gasteiger partial charge on any atom is -0.452 e. The minimum atomic E-state index is -3.01. The van der Waals surface area contributed by atoms with Crippen LogP contribution in [-0.4, -0.2) is 40.6 Å². The molecule has 1 N–H and O–H groups in total. The van der Waals surface area contributed by atoms with E-state index in [1.54, 1.807) is 0 Å². The molecular formula is C19H15F2N3O7. The lowest BCUT2D eigenvalue weighted by Crippen LogP contribution is -2.34. The first-order chi connectivity index (χ1) is 14.7. The van der Waals surface area contributed by atoms with E-state index in [9.17, 15) is 28.0 Å². The van der Waals surface area contributed by atoms with Crippen molar-refractivity contribution < 1.29 is 37.1 Å². The molecule has 0 bridgehead atoms. The molecule has 31 heavy (non-hydrogen) atoms. The first-order valence-electron chi connectivity index (χ1n) is 8.68. The van der Waals surface area contributed by atoms with Crippen LogP contribution in [0.25, 0.3) is 11.1 Å². The maximum absolute atomic E-state index is 12.4. The molecule has 0 saturated heterocycles. The van der Waals surface area contributed by atoms with E-state index in [-0.39, 0.29) is 33.7 Å². The number of nitrogens with zero attached hydrogens (tertiary/aromatic N) is 2. The molecule has 2 amide bonds. The van der Waals surface area contributed by atoms with Crippen molar-refractivity contribution in [1.82, 2.24) is 14.9 Å². The van der Waals surface area contributed by atoms with Gasteiger partial charge in [0, 0.05) is 12.6 Å². The molecule has 2 heterocycles. The average Bonchev–Trinajstić information content (AvgIpc) is 3.06. The van der Waals surface area contributed by atoms with Gasteiger partial charge < -0.3 is 18.5 Å². The number of rotatable bonds is 6. The molecule has 1 aromatic carbocycles. The number of furan rings is 1. The number of ether oxygens (including phenoxy) is 2. The van der Waals surface area contributed by atoms with Crippen molar-refractivity contribution >= 4 is 28.9 Å². The van der Waals surface area contributed by atoms with Gasteiger partial charge in [0.1, 0.15) is 28.8 Å². The monoisotopic (exact) mass is 435 g/mol. The molecular weight excluding hydrogens is 420 g/mol. The summed E-state index contributed by atoms with van der Waals surface area (Å²) >= 11 is 0. The third-order valence-corrected chi connectivity index (χ3v) is 4.08. The van der Waals surface area contributed by atoms with Crippen molar-refractivity contribution in [1.29, 1.82) is 0 Å². The number of imide groups is 1. The molecule has 0 atom stereocenters. The van der Waals surface area contributed by atoms with Gasteiger partial charge in [0.05, 0.1) is 0 Å². The molecule has 12 heteroatoms. The van der Waals surface area contributed by atoms with Crippen molar-refractivity contribution in [3.63, 3.8) is 0 Å². The number of amides is 2. The number of alkyl halides is 2. The van der Waals surface area contributed by atoms with Crippen molar-refractivity contribution in [2.75, 3.05) is 6.61 Å². The summed E-state index contributed by atoms with van der Waals surface area (Å²) in [6.45, 7) is -2.39. The minimum absolute atomic E-state index is 0.00691. The van der Waals surface area contributed by atoms with E-state index in [0.29, 0.717) is 0 Å². The predicted molar refractivity (Wildman–Crippen MR) is 99.8 cm³/mol. The Balaban J connectivity index is 1.63. The fourth-order valence-electron chi connectivity index (χ4n) is 2.66. The smallest absolute Gasteiger partial charge is 0.387 e. The lowest BCUT2D eigenvalue weighted by Gasteiger charge is -2.07. The van der Waals surface area contributed by atoms with Crippen LogP contribution in [0, 0.1) is 6.92 Å². The maximum atomic E-state index is 12.4. The molecule has 3 aromatic rings. The number of fused-ring (bicyclic) bond motifs is 1. The lowest BCUT2D eigenvalue weighted by molar-refractivity contribution is -0.123. The Kier molecular flexibility index (Phi) is 6.09. The van der Waals surface area contributed by atoms with E-state index in [2.05, 4.69) is 9.72 Å². The highest BCUT2D eigenvalue weighted by Gasteiger charge is 2.24. The van der Waals surface area contributed by atoms with Crippen LogP contribution < -0.4 is 15.6 Å². The summed E-state index contributed by atoms with van der Waals surface area (Å²) in [5.41, 5.74) is -0.760. The van der Waals surface area contributed by atoms with Crippen molar-refractivity contribution in [2.24, 2.45) is 7.05 Å². The average molecular weight is 435 g/mol. The Morgan fingerprint density at radius 1 is 1.23 bits per heavy atom. The second-order valence-electron chi connectivity index (χ2n) is 6.23. The summed E-state index contributed by atoms with van der Waals surface area (Å²) in [6, 6.07) is 4.62. The van der Waals surface area contributed by atoms with E-state index in [1.165, 1.54) is 32.4 Å². The van der Waals surface area contributed by atoms with Crippen molar-refractivity contribution in [2.45, 2.75) is 13.5 Å². The van der Waals surface area contributed by atoms with E-state index < -0.39 is 36.6 Å². The van der Waals surface area contributed by atoms with Gasteiger partial charge in [-0.15, -0.1) is 0 Å². The van der Waals surface area contributed by atoms with Gasteiger partial charge in [-0.25, -0.2) is 9.78 Å². The molecule has 0 fully saturated rings. The number of esters is 1. The zero-order valence-corrected chi connectivity index (χ0v) is 16.2. The highest BCUT2D eigenvalue weighted by atomic mass is 19.3. The van der Waals surface area contributed by atoms with Crippen molar-refractivity contribution in [3.05, 3.63) is 57.8 Å². The first kappa shape index (κ1) is 21.6. The van der Waals surface area contributed by atoms with Crippen LogP contribution in [0.4, 0.5) is 8.78 Å². The van der Waals surface area contributed by atoms with Gasteiger partial charge in [0.25, 0.3) is 17.4 Å². The lowest BCUT2D eigenvalue weighted by atomic mass is 10.2. The van der Waals surface area contributed by atoms with Gasteiger partial charge in [-0.05, 0) is 31.2 Å². The Bertz CT molecular complexity index is 1220. The molecule has 0 radical (unpaired) electrons. The van der Waals surface area contributed by atoms with E-state index >= 15 is 0 Å². The van der Waals surface area contributed by atoms with Gasteiger partial charge in [-0.3, -0.25) is 19.7 Å². The fourth-order valence-corrected chi connectivity index (χ4v) is 2.66. The third-order valence-electron chi connectivity index (χ3n) is 4.08. The highest BCUT2D eigenvalue weighted by molar-refractivity contribution is 6.07. The normalized spacial score (nSPS) is 10.9. The number of nitrogens with one attached hydrogen (secondary N) is 1. The second-order valence-corrected chi connectivity index (χ2v) is 6.23. The SMILES string of the molecule is Cc1oc2ncn(C)c(=O)c2c1C(=O)OCC(=O)NC(=O)c1ccc(OC(F)F)cc1. The summed E-state index contributed by atoms with van der Waals surface area (Å²) < 4.78 is 39.8. The summed E-state index contributed by atoms with van der Waals surface area (Å²) in [7, 11) is 1.44. The van der Waals surface area contributed by atoms with E-state index in [0.717, 1.165) is 16.7 Å². The van der Waals surface area contributed by atoms with Crippen LogP contribution >= 0.6 is 0 Å². The topological polar surface area (TPSA) is 130 Å². The number of aromatic nitrogens is 2. The molecule has 0 aliphatic carbocycles. The Labute approximate surface area is 172 Å². The summed E-state index contributed by atoms with van der Waals surface area (Å²) in [6.07, 6.45) is 1.23. The van der Waals surface area contributed by atoms with Crippen LogP contribution in [0.1, 0.15) is 26.5 Å². The maximum Gasteiger partial charge on any atom is 0.387 e. The second kappa shape index (κ2) is 8.73. The number of halogens is 2. The Hall–Kier alpha value is -4.09. The predicted octanol–water partition coefficient (Wildman–Crippen LogP) is 1.55. The zero-order valence-electron chi connectivity index (χ0n) is 16.2. The molecule has 0 aliphatic heterocycles. The molecule has 3 rings (SSSR count).